The normalized spacial score (nSPS) is 12.5. The standard InChI is InChI=1S/C14H6N2O8/c17-11-3-7-8(4-12(11)18)14(20)6-2-10(16(23)24)9(15(21)22)1-5(6)13(7)19/h1-4,17-18H. The van der Waals surface area contributed by atoms with E-state index in [0.717, 1.165) is 12.1 Å². The number of aromatic hydroxyl groups is 2. The number of nitro benzene ring substituents is 2. The van der Waals surface area contributed by atoms with Crippen LogP contribution in [0.25, 0.3) is 0 Å². The van der Waals surface area contributed by atoms with Gasteiger partial charge in [0.25, 0.3) is 0 Å². The number of fused-ring (bicyclic) bond motifs is 2. The number of carbonyl (C=O) groups excluding carboxylic acids is 2. The number of nitro groups is 2. The molecule has 0 atom stereocenters. The Morgan fingerprint density at radius 2 is 0.958 bits per heavy atom. The number of rotatable bonds is 2. The SMILES string of the molecule is O=C1c2cc(O)c(O)cc2C(=O)c2cc([N+](=O)[O-])c([N+](=O)[O-])cc21. The first-order valence-electron chi connectivity index (χ1n) is 6.34. The van der Waals surface area contributed by atoms with Crippen LogP contribution in [-0.2, 0) is 0 Å². The lowest BCUT2D eigenvalue weighted by atomic mass is 9.83. The van der Waals surface area contributed by atoms with E-state index in [1.54, 1.807) is 0 Å². The molecule has 0 radical (unpaired) electrons. The van der Waals surface area contributed by atoms with E-state index in [9.17, 15) is 40.0 Å². The summed E-state index contributed by atoms with van der Waals surface area (Å²) in [4.78, 5) is 44.8. The summed E-state index contributed by atoms with van der Waals surface area (Å²) in [6, 6.07) is 3.06. The molecule has 3 rings (SSSR count). The summed E-state index contributed by atoms with van der Waals surface area (Å²) in [6.07, 6.45) is 0. The van der Waals surface area contributed by atoms with Crippen LogP contribution in [-0.4, -0.2) is 31.6 Å². The highest BCUT2D eigenvalue weighted by Crippen LogP contribution is 2.38. The average Bonchev–Trinajstić information content (AvgIpc) is 2.53. The molecule has 2 aromatic carbocycles. The summed E-state index contributed by atoms with van der Waals surface area (Å²) in [5.74, 6) is -2.94. The van der Waals surface area contributed by atoms with Crippen LogP contribution in [0.15, 0.2) is 24.3 Å². The molecule has 0 aromatic heterocycles. The number of phenolic OH excluding ortho intramolecular Hbond substituents is 2. The van der Waals surface area contributed by atoms with E-state index in [4.69, 9.17) is 0 Å². The van der Waals surface area contributed by atoms with Crippen molar-refractivity contribution in [1.29, 1.82) is 0 Å². The maximum absolute atomic E-state index is 12.4. The lowest BCUT2D eigenvalue weighted by Gasteiger charge is -2.17. The van der Waals surface area contributed by atoms with Crippen LogP contribution in [0.5, 0.6) is 11.5 Å². The molecule has 0 bridgehead atoms. The summed E-state index contributed by atoms with van der Waals surface area (Å²) < 4.78 is 0. The summed E-state index contributed by atoms with van der Waals surface area (Å²) >= 11 is 0. The zero-order valence-electron chi connectivity index (χ0n) is 11.5. The molecule has 10 nitrogen and oxygen atoms in total. The molecular formula is C14H6N2O8. The Kier molecular flexibility index (Phi) is 3.04. The third-order valence-electron chi connectivity index (χ3n) is 3.60. The zero-order chi connectivity index (χ0) is 17.8. The van der Waals surface area contributed by atoms with Crippen LogP contribution in [0.4, 0.5) is 11.4 Å². The van der Waals surface area contributed by atoms with Crippen LogP contribution in [0.2, 0.25) is 0 Å². The molecule has 24 heavy (non-hydrogen) atoms. The van der Waals surface area contributed by atoms with Crippen molar-refractivity contribution in [2.24, 2.45) is 0 Å². The van der Waals surface area contributed by atoms with Gasteiger partial charge in [0.05, 0.1) is 9.85 Å². The fraction of sp³-hybridized carbons (Fsp3) is 0. The Morgan fingerprint density at radius 3 is 1.25 bits per heavy atom. The lowest BCUT2D eigenvalue weighted by molar-refractivity contribution is -0.422. The number of carbonyl (C=O) groups is 2. The van der Waals surface area contributed by atoms with Gasteiger partial charge in [0.1, 0.15) is 0 Å². The molecular weight excluding hydrogens is 324 g/mol. The molecule has 10 heteroatoms. The average molecular weight is 330 g/mol. The summed E-state index contributed by atoms with van der Waals surface area (Å²) in [5, 5.41) is 40.9. The number of hydrogen-bond donors (Lipinski definition) is 2. The van der Waals surface area contributed by atoms with Crippen molar-refractivity contribution in [2.75, 3.05) is 0 Å². The molecule has 0 unspecified atom stereocenters. The molecule has 0 saturated heterocycles. The quantitative estimate of drug-likeness (QED) is 0.407. The van der Waals surface area contributed by atoms with E-state index >= 15 is 0 Å². The first-order valence-corrected chi connectivity index (χ1v) is 6.34. The van der Waals surface area contributed by atoms with Crippen LogP contribution < -0.4 is 0 Å². The molecule has 0 saturated carbocycles. The maximum atomic E-state index is 12.4. The van der Waals surface area contributed by atoms with Gasteiger partial charge in [-0.25, -0.2) is 0 Å². The highest BCUT2D eigenvalue weighted by atomic mass is 16.6. The molecule has 2 aromatic rings. The minimum Gasteiger partial charge on any atom is -0.504 e. The lowest BCUT2D eigenvalue weighted by Crippen LogP contribution is -2.21. The van der Waals surface area contributed by atoms with Gasteiger partial charge < -0.3 is 10.2 Å². The Hall–Kier alpha value is -3.82. The van der Waals surface area contributed by atoms with Gasteiger partial charge in [0.2, 0.25) is 0 Å². The Labute approximate surface area is 131 Å². The second-order valence-corrected chi connectivity index (χ2v) is 4.95. The number of nitrogens with zero attached hydrogens (tertiary/aromatic N) is 2. The molecule has 0 aliphatic heterocycles. The van der Waals surface area contributed by atoms with Crippen molar-refractivity contribution in [2.45, 2.75) is 0 Å². The van der Waals surface area contributed by atoms with Crippen LogP contribution >= 0.6 is 0 Å². The van der Waals surface area contributed by atoms with E-state index in [1.165, 1.54) is 0 Å². The van der Waals surface area contributed by atoms with E-state index in [2.05, 4.69) is 0 Å². The van der Waals surface area contributed by atoms with Gasteiger partial charge in [-0.3, -0.25) is 29.8 Å². The predicted molar refractivity (Wildman–Crippen MR) is 76.4 cm³/mol. The monoisotopic (exact) mass is 330 g/mol. The smallest absolute Gasteiger partial charge is 0.346 e. The van der Waals surface area contributed by atoms with Crippen molar-refractivity contribution in [3.63, 3.8) is 0 Å². The van der Waals surface area contributed by atoms with E-state index in [0.29, 0.717) is 12.1 Å². The van der Waals surface area contributed by atoms with E-state index in [1.807, 2.05) is 0 Å². The number of ketones is 2. The molecule has 0 amide bonds. The van der Waals surface area contributed by atoms with Crippen LogP contribution in [0, 0.1) is 20.2 Å². The van der Waals surface area contributed by atoms with Gasteiger partial charge in [-0.2, -0.15) is 0 Å². The minimum atomic E-state index is -1.03. The first kappa shape index (κ1) is 15.1. The van der Waals surface area contributed by atoms with E-state index in [-0.39, 0.29) is 22.3 Å². The number of phenols is 2. The van der Waals surface area contributed by atoms with Crippen molar-refractivity contribution in [3.8, 4) is 11.5 Å². The van der Waals surface area contributed by atoms with Gasteiger partial charge in [-0.1, -0.05) is 0 Å². The molecule has 2 N–H and O–H groups in total. The van der Waals surface area contributed by atoms with Crippen molar-refractivity contribution in [1.82, 2.24) is 0 Å². The van der Waals surface area contributed by atoms with Crippen molar-refractivity contribution in [3.05, 3.63) is 66.7 Å². The second-order valence-electron chi connectivity index (χ2n) is 4.95. The second kappa shape index (κ2) is 4.84. The third kappa shape index (κ3) is 1.97. The Balaban J connectivity index is 2.34. The molecule has 120 valence electrons. The van der Waals surface area contributed by atoms with Gasteiger partial charge in [-0.15, -0.1) is 0 Å². The fourth-order valence-corrected chi connectivity index (χ4v) is 2.49. The molecule has 0 spiro atoms. The number of benzene rings is 2. The largest absolute Gasteiger partial charge is 0.504 e. The predicted octanol–water partition coefficient (Wildman–Crippen LogP) is 1.69. The molecule has 1 aliphatic rings. The van der Waals surface area contributed by atoms with Gasteiger partial charge in [0.15, 0.2) is 23.1 Å². The Bertz CT molecular complexity index is 901. The first-order chi connectivity index (χ1) is 11.2. The molecule has 0 heterocycles. The van der Waals surface area contributed by atoms with Crippen molar-refractivity contribution >= 4 is 22.9 Å². The summed E-state index contributed by atoms with van der Waals surface area (Å²) in [6.45, 7) is 0. The third-order valence-corrected chi connectivity index (χ3v) is 3.60. The van der Waals surface area contributed by atoms with Gasteiger partial charge in [-0.05, 0) is 12.1 Å². The minimum absolute atomic E-state index is 0.258. The summed E-state index contributed by atoms with van der Waals surface area (Å²) in [7, 11) is 0. The highest BCUT2D eigenvalue weighted by molar-refractivity contribution is 6.29. The molecule has 1 aliphatic carbocycles. The van der Waals surface area contributed by atoms with Crippen molar-refractivity contribution < 1.29 is 29.6 Å². The fourth-order valence-electron chi connectivity index (χ4n) is 2.49. The zero-order valence-corrected chi connectivity index (χ0v) is 11.5. The maximum Gasteiger partial charge on any atom is 0.346 e. The highest BCUT2D eigenvalue weighted by Gasteiger charge is 2.36. The molecule has 0 fully saturated rings. The van der Waals surface area contributed by atoms with Crippen LogP contribution in [0.3, 0.4) is 0 Å². The van der Waals surface area contributed by atoms with Crippen LogP contribution in [0.1, 0.15) is 31.8 Å². The Morgan fingerprint density at radius 1 is 0.667 bits per heavy atom. The summed E-state index contributed by atoms with van der Waals surface area (Å²) in [5.41, 5.74) is -3.13. The topological polar surface area (TPSA) is 161 Å². The van der Waals surface area contributed by atoms with E-state index < -0.39 is 44.3 Å². The van der Waals surface area contributed by atoms with Gasteiger partial charge >= 0.3 is 11.4 Å². The number of hydrogen-bond acceptors (Lipinski definition) is 8. The van der Waals surface area contributed by atoms with Gasteiger partial charge in [0, 0.05) is 34.4 Å².